The number of nitrogens with zero attached hydrogens (tertiary/aromatic N) is 2. The zero-order valence-corrected chi connectivity index (χ0v) is 14.0. The number of β-amino-alcohol motifs (C(OH)–C–C–N with tert-alkyl or cyclic N) is 1. The Hall–Kier alpha value is -0.720. The van der Waals surface area contributed by atoms with E-state index < -0.39 is 6.10 Å². The minimum atomic E-state index is -0.688. The number of rotatable bonds is 4. The lowest BCUT2D eigenvalue weighted by atomic mass is 10.0. The van der Waals surface area contributed by atoms with Crippen LogP contribution in [-0.2, 0) is 4.74 Å². The average Bonchev–Trinajstić information content (AvgIpc) is 2.56. The summed E-state index contributed by atoms with van der Waals surface area (Å²) >= 11 is 6.05. The van der Waals surface area contributed by atoms with E-state index >= 15 is 0 Å². The second-order valence-electron chi connectivity index (χ2n) is 6.39. The molecule has 0 saturated carbocycles. The van der Waals surface area contributed by atoms with Crippen molar-refractivity contribution in [3.8, 4) is 0 Å². The number of piperidine rings is 1. The number of hydrogen-bond acceptors (Lipinski definition) is 4. The van der Waals surface area contributed by atoms with Crippen LogP contribution in [0.1, 0.15) is 24.5 Å². The molecule has 1 aromatic carbocycles. The highest BCUT2D eigenvalue weighted by Crippen LogP contribution is 2.26. The van der Waals surface area contributed by atoms with Gasteiger partial charge in [0.2, 0.25) is 0 Å². The molecule has 0 aliphatic carbocycles. The van der Waals surface area contributed by atoms with Gasteiger partial charge in [0.25, 0.3) is 0 Å². The number of aliphatic hydroxyl groups is 1. The summed E-state index contributed by atoms with van der Waals surface area (Å²) in [5.74, 6) is -0.378. The van der Waals surface area contributed by atoms with Crippen LogP contribution in [0, 0.1) is 5.82 Å². The van der Waals surface area contributed by atoms with E-state index in [1.807, 2.05) is 0 Å². The monoisotopic (exact) mass is 342 g/mol. The number of aliphatic hydroxyl groups excluding tert-OH is 1. The maximum absolute atomic E-state index is 13.1. The normalized spacial score (nSPS) is 25.4. The Labute approximate surface area is 141 Å². The lowest BCUT2D eigenvalue weighted by Crippen LogP contribution is -2.52. The molecule has 6 heteroatoms. The average molecular weight is 343 g/mol. The molecule has 4 nitrogen and oxygen atoms in total. The molecule has 23 heavy (non-hydrogen) atoms. The second-order valence-corrected chi connectivity index (χ2v) is 6.79. The van der Waals surface area contributed by atoms with Crippen LogP contribution in [0.15, 0.2) is 18.2 Å². The quantitative estimate of drug-likeness (QED) is 0.911. The van der Waals surface area contributed by atoms with Gasteiger partial charge in [-0.25, -0.2) is 4.39 Å². The zero-order valence-electron chi connectivity index (χ0n) is 13.3. The van der Waals surface area contributed by atoms with Gasteiger partial charge < -0.3 is 9.84 Å². The van der Waals surface area contributed by atoms with Crippen LogP contribution in [0.4, 0.5) is 4.39 Å². The summed E-state index contributed by atoms with van der Waals surface area (Å²) < 4.78 is 18.6. The smallest absolute Gasteiger partial charge is 0.124 e. The van der Waals surface area contributed by atoms with Crippen LogP contribution >= 0.6 is 11.6 Å². The Balaban J connectivity index is 1.58. The van der Waals surface area contributed by atoms with Crippen molar-refractivity contribution in [2.45, 2.75) is 25.0 Å². The number of likely N-dealkylation sites (tertiary alicyclic amines) is 1. The SMILES string of the molecule is OC(CN1CCCC(N2CCOCC2)C1)c1ccc(F)cc1Cl. The van der Waals surface area contributed by atoms with E-state index in [1.54, 1.807) is 6.07 Å². The Morgan fingerprint density at radius 2 is 2.09 bits per heavy atom. The number of morpholine rings is 1. The Morgan fingerprint density at radius 1 is 1.30 bits per heavy atom. The van der Waals surface area contributed by atoms with Gasteiger partial charge in [-0.2, -0.15) is 0 Å². The van der Waals surface area contributed by atoms with E-state index in [9.17, 15) is 9.50 Å². The fourth-order valence-corrected chi connectivity index (χ4v) is 3.85. The van der Waals surface area contributed by atoms with Gasteiger partial charge in [-0.15, -0.1) is 0 Å². The van der Waals surface area contributed by atoms with Gasteiger partial charge >= 0.3 is 0 Å². The molecule has 2 aliphatic rings. The van der Waals surface area contributed by atoms with Crippen molar-refractivity contribution in [1.82, 2.24) is 9.80 Å². The van der Waals surface area contributed by atoms with Crippen molar-refractivity contribution in [2.24, 2.45) is 0 Å². The summed E-state index contributed by atoms with van der Waals surface area (Å²) in [6, 6.07) is 4.71. The predicted molar refractivity (Wildman–Crippen MR) is 88.2 cm³/mol. The van der Waals surface area contributed by atoms with Crippen molar-refractivity contribution < 1.29 is 14.2 Å². The highest BCUT2D eigenvalue weighted by atomic mass is 35.5. The van der Waals surface area contributed by atoms with Crippen molar-refractivity contribution in [2.75, 3.05) is 45.9 Å². The van der Waals surface area contributed by atoms with Gasteiger partial charge in [0.15, 0.2) is 0 Å². The fraction of sp³-hybridized carbons (Fsp3) is 0.647. The highest BCUT2D eigenvalue weighted by molar-refractivity contribution is 6.31. The molecule has 2 heterocycles. The van der Waals surface area contributed by atoms with Crippen LogP contribution in [-0.4, -0.2) is 66.9 Å². The number of halogens is 2. The van der Waals surface area contributed by atoms with E-state index in [-0.39, 0.29) is 5.82 Å². The highest BCUT2D eigenvalue weighted by Gasteiger charge is 2.28. The van der Waals surface area contributed by atoms with Crippen LogP contribution < -0.4 is 0 Å². The molecule has 0 spiro atoms. The van der Waals surface area contributed by atoms with Crippen LogP contribution in [0.25, 0.3) is 0 Å². The summed E-state index contributed by atoms with van der Waals surface area (Å²) in [6.07, 6.45) is 1.64. The summed E-state index contributed by atoms with van der Waals surface area (Å²) in [5.41, 5.74) is 0.599. The summed E-state index contributed by atoms with van der Waals surface area (Å²) in [6.45, 7) is 6.07. The van der Waals surface area contributed by atoms with Crippen molar-refractivity contribution >= 4 is 11.6 Å². The predicted octanol–water partition coefficient (Wildman–Crippen LogP) is 2.31. The minimum absolute atomic E-state index is 0.291. The lowest BCUT2D eigenvalue weighted by Gasteiger charge is -2.41. The van der Waals surface area contributed by atoms with Crippen molar-refractivity contribution in [3.05, 3.63) is 34.6 Å². The molecule has 0 aromatic heterocycles. The van der Waals surface area contributed by atoms with Crippen LogP contribution in [0.5, 0.6) is 0 Å². The Kier molecular flexibility index (Phi) is 5.88. The molecular formula is C17H24ClFN2O2. The molecule has 1 aromatic rings. The second kappa shape index (κ2) is 7.90. The van der Waals surface area contributed by atoms with E-state index in [2.05, 4.69) is 9.80 Å². The van der Waals surface area contributed by atoms with Gasteiger partial charge in [-0.3, -0.25) is 9.80 Å². The van der Waals surface area contributed by atoms with Gasteiger partial charge in [-0.1, -0.05) is 17.7 Å². The zero-order chi connectivity index (χ0) is 16.2. The molecule has 0 radical (unpaired) electrons. The van der Waals surface area contributed by atoms with Gasteiger partial charge in [0.05, 0.1) is 19.3 Å². The maximum atomic E-state index is 13.1. The Morgan fingerprint density at radius 3 is 2.83 bits per heavy atom. The summed E-state index contributed by atoms with van der Waals surface area (Å²) in [4.78, 5) is 4.78. The lowest BCUT2D eigenvalue weighted by molar-refractivity contribution is -0.00854. The van der Waals surface area contributed by atoms with Gasteiger partial charge in [0, 0.05) is 42.8 Å². The first-order valence-electron chi connectivity index (χ1n) is 8.30. The Bertz CT molecular complexity index is 525. The van der Waals surface area contributed by atoms with Crippen molar-refractivity contribution in [3.63, 3.8) is 0 Å². The minimum Gasteiger partial charge on any atom is -0.387 e. The molecule has 0 bridgehead atoms. The fourth-order valence-electron chi connectivity index (χ4n) is 3.55. The van der Waals surface area contributed by atoms with Crippen molar-refractivity contribution in [1.29, 1.82) is 0 Å². The molecule has 0 amide bonds. The molecular weight excluding hydrogens is 319 g/mol. The molecule has 2 unspecified atom stereocenters. The van der Waals surface area contributed by atoms with E-state index in [0.717, 1.165) is 45.8 Å². The maximum Gasteiger partial charge on any atom is 0.124 e. The standard InChI is InChI=1S/C17H24ClFN2O2/c18-16-10-13(19)3-4-15(16)17(22)12-20-5-1-2-14(11-20)21-6-8-23-9-7-21/h3-4,10,14,17,22H,1-2,5-9,11-12H2. The number of ether oxygens (including phenoxy) is 1. The third-order valence-corrected chi connectivity index (χ3v) is 5.12. The molecule has 2 aliphatic heterocycles. The topological polar surface area (TPSA) is 35.9 Å². The summed E-state index contributed by atoms with van der Waals surface area (Å²) in [7, 11) is 0. The first kappa shape index (κ1) is 17.1. The molecule has 2 fully saturated rings. The molecule has 2 atom stereocenters. The third kappa shape index (κ3) is 4.43. The molecule has 128 valence electrons. The largest absolute Gasteiger partial charge is 0.387 e. The van der Waals surface area contributed by atoms with Crippen LogP contribution in [0.2, 0.25) is 5.02 Å². The number of benzene rings is 1. The van der Waals surface area contributed by atoms with Crippen LogP contribution in [0.3, 0.4) is 0 Å². The van der Waals surface area contributed by atoms with Gasteiger partial charge in [0.1, 0.15) is 5.82 Å². The third-order valence-electron chi connectivity index (χ3n) is 4.80. The van der Waals surface area contributed by atoms with Gasteiger partial charge in [-0.05, 0) is 31.5 Å². The molecule has 2 saturated heterocycles. The first-order chi connectivity index (χ1) is 11.1. The van der Waals surface area contributed by atoms with E-state index in [1.165, 1.54) is 18.6 Å². The molecule has 3 rings (SSSR count). The number of hydrogen-bond donors (Lipinski definition) is 1. The van der Waals surface area contributed by atoms with E-state index in [4.69, 9.17) is 16.3 Å². The molecule has 1 N–H and O–H groups in total. The van der Waals surface area contributed by atoms with E-state index in [0.29, 0.717) is 23.2 Å². The summed E-state index contributed by atoms with van der Waals surface area (Å²) in [5, 5.41) is 10.7. The first-order valence-corrected chi connectivity index (χ1v) is 8.68.